The van der Waals surface area contributed by atoms with Crippen LogP contribution in [0.1, 0.15) is 69.4 Å². The fraction of sp³-hybridized carbons (Fsp3) is 0.588. The van der Waals surface area contributed by atoms with Crippen LogP contribution >= 0.6 is 0 Å². The predicted octanol–water partition coefficient (Wildman–Crippen LogP) is 4.95. The molecule has 0 saturated heterocycles. The number of rotatable bonds is 9. The molecule has 0 radical (unpaired) electrons. The Balaban J connectivity index is 2.20. The quantitative estimate of drug-likeness (QED) is 0.638. The van der Waals surface area contributed by atoms with Gasteiger partial charge < -0.3 is 5.11 Å². The van der Waals surface area contributed by atoms with E-state index in [1.165, 1.54) is 44.9 Å². The monoisotopic (exact) mass is 259 g/mol. The van der Waals surface area contributed by atoms with Crippen LogP contribution in [0.3, 0.4) is 0 Å². The second-order valence-electron chi connectivity index (χ2n) is 5.15. The van der Waals surface area contributed by atoms with E-state index in [2.05, 4.69) is 13.0 Å². The number of benzene rings is 1. The fourth-order valence-corrected chi connectivity index (χ4v) is 2.37. The molecular formula is C17H25NO. The fourth-order valence-electron chi connectivity index (χ4n) is 2.37. The van der Waals surface area contributed by atoms with Crippen molar-refractivity contribution >= 4 is 0 Å². The number of hydrogen-bond acceptors (Lipinski definition) is 2. The summed E-state index contributed by atoms with van der Waals surface area (Å²) < 4.78 is 0. The standard InChI is InChI=1S/C17H25NO/c1-2-3-4-5-6-7-8-9-11-15-12-10-13-17(19)16(15)14-18/h10,12-13,19H,2-9,11H2,1H3. The summed E-state index contributed by atoms with van der Waals surface area (Å²) in [6.45, 7) is 2.24. The topological polar surface area (TPSA) is 44.0 Å². The summed E-state index contributed by atoms with van der Waals surface area (Å²) >= 11 is 0. The average Bonchev–Trinajstić information content (AvgIpc) is 2.42. The lowest BCUT2D eigenvalue weighted by atomic mass is 10.00. The van der Waals surface area contributed by atoms with Crippen molar-refractivity contribution in [1.29, 1.82) is 5.26 Å². The summed E-state index contributed by atoms with van der Waals surface area (Å²) in [4.78, 5) is 0. The van der Waals surface area contributed by atoms with Crippen LogP contribution < -0.4 is 0 Å². The first kappa shape index (κ1) is 15.6. The van der Waals surface area contributed by atoms with Crippen molar-refractivity contribution in [2.75, 3.05) is 0 Å². The average molecular weight is 259 g/mol. The highest BCUT2D eigenvalue weighted by atomic mass is 16.3. The third kappa shape index (κ3) is 5.79. The molecule has 0 unspecified atom stereocenters. The SMILES string of the molecule is CCCCCCCCCCc1cccc(O)c1C#N. The molecule has 0 aliphatic carbocycles. The highest BCUT2D eigenvalue weighted by molar-refractivity contribution is 5.47. The molecule has 1 aromatic carbocycles. The van der Waals surface area contributed by atoms with Gasteiger partial charge >= 0.3 is 0 Å². The van der Waals surface area contributed by atoms with E-state index >= 15 is 0 Å². The maximum Gasteiger partial charge on any atom is 0.133 e. The van der Waals surface area contributed by atoms with Gasteiger partial charge in [-0.15, -0.1) is 0 Å². The van der Waals surface area contributed by atoms with Crippen molar-refractivity contribution < 1.29 is 5.11 Å². The Labute approximate surface area is 117 Å². The minimum Gasteiger partial charge on any atom is -0.507 e. The second kappa shape index (κ2) is 9.44. The lowest BCUT2D eigenvalue weighted by molar-refractivity contribution is 0.472. The Morgan fingerprint density at radius 2 is 1.63 bits per heavy atom. The lowest BCUT2D eigenvalue weighted by Crippen LogP contribution is -1.91. The van der Waals surface area contributed by atoms with E-state index in [0.717, 1.165) is 18.4 Å². The summed E-state index contributed by atoms with van der Waals surface area (Å²) in [6.07, 6.45) is 11.2. The van der Waals surface area contributed by atoms with Gasteiger partial charge in [0.1, 0.15) is 11.8 Å². The first-order valence-electron chi connectivity index (χ1n) is 7.50. The molecule has 1 rings (SSSR count). The minimum atomic E-state index is 0.111. The van der Waals surface area contributed by atoms with Crippen molar-refractivity contribution in [2.45, 2.75) is 64.7 Å². The summed E-state index contributed by atoms with van der Waals surface area (Å²) in [5.41, 5.74) is 1.43. The zero-order chi connectivity index (χ0) is 13.9. The molecule has 1 N–H and O–H groups in total. The van der Waals surface area contributed by atoms with E-state index in [-0.39, 0.29) is 5.75 Å². The van der Waals surface area contributed by atoms with Crippen molar-refractivity contribution in [1.82, 2.24) is 0 Å². The number of nitrogens with zero attached hydrogens (tertiary/aromatic N) is 1. The molecular weight excluding hydrogens is 234 g/mol. The van der Waals surface area contributed by atoms with Crippen LogP contribution in [0, 0.1) is 11.3 Å². The molecule has 0 bridgehead atoms. The highest BCUT2D eigenvalue weighted by Gasteiger charge is 2.06. The zero-order valence-corrected chi connectivity index (χ0v) is 12.0. The third-order valence-electron chi connectivity index (χ3n) is 3.54. The molecule has 19 heavy (non-hydrogen) atoms. The molecule has 0 heterocycles. The van der Waals surface area contributed by atoms with Crippen molar-refractivity contribution in [3.8, 4) is 11.8 Å². The molecule has 104 valence electrons. The van der Waals surface area contributed by atoms with Gasteiger partial charge in [0.15, 0.2) is 0 Å². The van der Waals surface area contributed by atoms with Gasteiger partial charge in [0.2, 0.25) is 0 Å². The Hall–Kier alpha value is -1.49. The van der Waals surface area contributed by atoms with Crippen LogP contribution in [0.4, 0.5) is 0 Å². The predicted molar refractivity (Wildman–Crippen MR) is 79.1 cm³/mol. The molecule has 2 heteroatoms. The highest BCUT2D eigenvalue weighted by Crippen LogP contribution is 2.21. The number of aryl methyl sites for hydroxylation is 1. The second-order valence-corrected chi connectivity index (χ2v) is 5.15. The van der Waals surface area contributed by atoms with Crippen molar-refractivity contribution in [3.05, 3.63) is 29.3 Å². The van der Waals surface area contributed by atoms with Crippen molar-refractivity contribution in [2.24, 2.45) is 0 Å². The first-order valence-corrected chi connectivity index (χ1v) is 7.50. The van der Waals surface area contributed by atoms with E-state index in [0.29, 0.717) is 5.56 Å². The summed E-state index contributed by atoms with van der Waals surface area (Å²) in [5.74, 6) is 0.111. The molecule has 0 saturated carbocycles. The summed E-state index contributed by atoms with van der Waals surface area (Å²) in [5, 5.41) is 18.6. The maximum atomic E-state index is 9.59. The van der Waals surface area contributed by atoms with Gasteiger partial charge in [-0.25, -0.2) is 0 Å². The van der Waals surface area contributed by atoms with Crippen molar-refractivity contribution in [3.63, 3.8) is 0 Å². The van der Waals surface area contributed by atoms with E-state index in [1.54, 1.807) is 6.07 Å². The number of phenolic OH excluding ortho intramolecular Hbond substituents is 1. The molecule has 1 aromatic rings. The number of aromatic hydroxyl groups is 1. The van der Waals surface area contributed by atoms with Gasteiger partial charge in [-0.1, -0.05) is 64.0 Å². The van der Waals surface area contributed by atoms with E-state index in [1.807, 2.05) is 12.1 Å². The van der Waals surface area contributed by atoms with E-state index in [9.17, 15) is 5.11 Å². The molecule has 0 aliphatic heterocycles. The number of nitriles is 1. The normalized spacial score (nSPS) is 10.3. The summed E-state index contributed by atoms with van der Waals surface area (Å²) in [6, 6.07) is 7.43. The van der Waals surface area contributed by atoms with Gasteiger partial charge in [-0.2, -0.15) is 5.26 Å². The van der Waals surface area contributed by atoms with Crippen LogP contribution in [-0.2, 0) is 6.42 Å². The Morgan fingerprint density at radius 3 is 2.26 bits per heavy atom. The largest absolute Gasteiger partial charge is 0.507 e. The molecule has 0 aliphatic rings. The first-order chi connectivity index (χ1) is 9.29. The summed E-state index contributed by atoms with van der Waals surface area (Å²) in [7, 11) is 0. The molecule has 0 spiro atoms. The van der Waals surface area contributed by atoms with E-state index < -0.39 is 0 Å². The Kier molecular flexibility index (Phi) is 7.74. The maximum absolute atomic E-state index is 9.59. The Morgan fingerprint density at radius 1 is 1.00 bits per heavy atom. The molecule has 0 fully saturated rings. The molecule has 0 amide bonds. The molecule has 2 nitrogen and oxygen atoms in total. The van der Waals surface area contributed by atoms with Crippen LogP contribution in [0.5, 0.6) is 5.75 Å². The van der Waals surface area contributed by atoms with Crippen LogP contribution in [-0.4, -0.2) is 5.11 Å². The molecule has 0 aromatic heterocycles. The Bertz CT molecular complexity index is 406. The number of hydrogen-bond donors (Lipinski definition) is 1. The van der Waals surface area contributed by atoms with Gasteiger partial charge in [-0.05, 0) is 24.5 Å². The third-order valence-corrected chi connectivity index (χ3v) is 3.54. The van der Waals surface area contributed by atoms with Gasteiger partial charge in [0.05, 0.1) is 5.56 Å². The minimum absolute atomic E-state index is 0.111. The van der Waals surface area contributed by atoms with Crippen LogP contribution in [0.2, 0.25) is 0 Å². The van der Waals surface area contributed by atoms with Crippen LogP contribution in [0.25, 0.3) is 0 Å². The van der Waals surface area contributed by atoms with E-state index in [4.69, 9.17) is 5.26 Å². The van der Waals surface area contributed by atoms with Gasteiger partial charge in [-0.3, -0.25) is 0 Å². The number of phenols is 1. The zero-order valence-electron chi connectivity index (χ0n) is 12.0. The van der Waals surface area contributed by atoms with Gasteiger partial charge in [0, 0.05) is 0 Å². The van der Waals surface area contributed by atoms with Crippen LogP contribution in [0.15, 0.2) is 18.2 Å². The molecule has 0 atom stereocenters. The smallest absolute Gasteiger partial charge is 0.133 e. The van der Waals surface area contributed by atoms with Gasteiger partial charge in [0.25, 0.3) is 0 Å². The lowest BCUT2D eigenvalue weighted by Gasteiger charge is -2.05. The number of unbranched alkanes of at least 4 members (excludes halogenated alkanes) is 7.